The van der Waals surface area contributed by atoms with E-state index in [1.54, 1.807) is 6.92 Å². The Morgan fingerprint density at radius 1 is 1.40 bits per heavy atom. The van der Waals surface area contributed by atoms with Crippen LogP contribution >= 0.6 is 0 Å². The third-order valence-electron chi connectivity index (χ3n) is 4.28. The third-order valence-corrected chi connectivity index (χ3v) is 4.28. The Labute approximate surface area is 92.4 Å². The number of Topliss-reactive ketones (excluding diaryl/α,β-unsaturated/α-hetero) is 1. The monoisotopic (exact) mass is 210 g/mol. The summed E-state index contributed by atoms with van der Waals surface area (Å²) in [6.07, 6.45) is 4.01. The molecule has 0 amide bonds. The van der Waals surface area contributed by atoms with Gasteiger partial charge in [-0.2, -0.15) is 0 Å². The Morgan fingerprint density at radius 3 is 2.53 bits per heavy atom. The summed E-state index contributed by atoms with van der Waals surface area (Å²) in [5.41, 5.74) is 0.340. The van der Waals surface area contributed by atoms with Crippen LogP contribution in [0.25, 0.3) is 0 Å². The highest BCUT2D eigenvalue weighted by Crippen LogP contribution is 2.51. The van der Waals surface area contributed by atoms with Crippen LogP contribution in [-0.2, 0) is 9.53 Å². The zero-order valence-electron chi connectivity index (χ0n) is 10.2. The van der Waals surface area contributed by atoms with Gasteiger partial charge in [0, 0.05) is 0 Å². The SMILES string of the molecule is CC(=O)[C@@H]1O[C@H]1C1C(C)CCCC1(C)C. The maximum atomic E-state index is 11.3. The quantitative estimate of drug-likeness (QED) is 0.656. The van der Waals surface area contributed by atoms with E-state index in [4.69, 9.17) is 4.74 Å². The average molecular weight is 210 g/mol. The number of hydrogen-bond acceptors (Lipinski definition) is 2. The van der Waals surface area contributed by atoms with Crippen LogP contribution in [0.5, 0.6) is 0 Å². The first-order valence-electron chi connectivity index (χ1n) is 6.09. The number of carbonyl (C=O) groups is 1. The molecule has 2 nitrogen and oxygen atoms in total. The van der Waals surface area contributed by atoms with Crippen molar-refractivity contribution in [1.29, 1.82) is 0 Å². The third kappa shape index (κ3) is 1.96. The van der Waals surface area contributed by atoms with Gasteiger partial charge in [0.25, 0.3) is 0 Å². The first kappa shape index (κ1) is 11.1. The molecule has 15 heavy (non-hydrogen) atoms. The molecule has 1 saturated carbocycles. The van der Waals surface area contributed by atoms with Crippen molar-refractivity contribution in [2.75, 3.05) is 0 Å². The molecule has 1 heterocycles. The lowest BCUT2D eigenvalue weighted by Crippen LogP contribution is -2.38. The molecule has 0 aromatic rings. The van der Waals surface area contributed by atoms with Gasteiger partial charge in [-0.1, -0.05) is 33.6 Å². The Hall–Kier alpha value is -0.370. The largest absolute Gasteiger partial charge is 0.361 e. The smallest absolute Gasteiger partial charge is 0.161 e. The summed E-state index contributed by atoms with van der Waals surface area (Å²) in [5.74, 6) is 1.47. The summed E-state index contributed by atoms with van der Waals surface area (Å²) in [6.45, 7) is 8.61. The minimum absolute atomic E-state index is 0.0881. The van der Waals surface area contributed by atoms with E-state index in [1.165, 1.54) is 19.3 Å². The molecule has 0 N–H and O–H groups in total. The highest BCUT2D eigenvalue weighted by molar-refractivity contribution is 5.83. The maximum absolute atomic E-state index is 11.3. The number of carbonyl (C=O) groups excluding carboxylic acids is 1. The molecule has 1 aliphatic heterocycles. The molecule has 0 aromatic carbocycles. The van der Waals surface area contributed by atoms with Gasteiger partial charge in [-0.05, 0) is 30.6 Å². The predicted molar refractivity (Wildman–Crippen MR) is 59.6 cm³/mol. The molecule has 86 valence electrons. The van der Waals surface area contributed by atoms with Crippen molar-refractivity contribution in [1.82, 2.24) is 0 Å². The van der Waals surface area contributed by atoms with Crippen molar-refractivity contribution < 1.29 is 9.53 Å². The molecule has 4 atom stereocenters. The van der Waals surface area contributed by atoms with Crippen LogP contribution in [0.1, 0.15) is 47.0 Å². The topological polar surface area (TPSA) is 29.6 Å². The molecule has 0 bridgehead atoms. The molecule has 1 saturated heterocycles. The molecule has 2 rings (SSSR count). The summed E-state index contributed by atoms with van der Waals surface area (Å²) in [7, 11) is 0. The second-order valence-corrected chi connectivity index (χ2v) is 6.02. The van der Waals surface area contributed by atoms with E-state index < -0.39 is 0 Å². The second-order valence-electron chi connectivity index (χ2n) is 6.02. The normalized spacial score (nSPS) is 43.7. The molecular formula is C13H22O2. The standard InChI is InChI=1S/C13H22O2/c1-8-6-5-7-13(3,4)10(8)12-11(15-12)9(2)14/h8,10-12H,5-7H2,1-4H3/t8?,10?,11-,12-/m0/s1. The fraction of sp³-hybridized carbons (Fsp3) is 0.923. The van der Waals surface area contributed by atoms with Gasteiger partial charge in [0.1, 0.15) is 6.10 Å². The second kappa shape index (κ2) is 3.58. The van der Waals surface area contributed by atoms with Crippen molar-refractivity contribution >= 4 is 5.78 Å². The van der Waals surface area contributed by atoms with Gasteiger partial charge in [-0.25, -0.2) is 0 Å². The van der Waals surface area contributed by atoms with Crippen LogP contribution in [-0.4, -0.2) is 18.0 Å². The van der Waals surface area contributed by atoms with Crippen LogP contribution in [0.2, 0.25) is 0 Å². The van der Waals surface area contributed by atoms with Crippen LogP contribution in [0, 0.1) is 17.3 Å². The van der Waals surface area contributed by atoms with Crippen LogP contribution in [0.15, 0.2) is 0 Å². The minimum Gasteiger partial charge on any atom is -0.361 e. The van der Waals surface area contributed by atoms with Gasteiger partial charge in [-0.3, -0.25) is 4.79 Å². The lowest BCUT2D eigenvalue weighted by atomic mass is 9.62. The van der Waals surface area contributed by atoms with E-state index in [1.807, 2.05) is 0 Å². The molecule has 0 spiro atoms. The zero-order valence-corrected chi connectivity index (χ0v) is 10.2. The van der Waals surface area contributed by atoms with Gasteiger partial charge in [-0.15, -0.1) is 0 Å². The summed E-state index contributed by atoms with van der Waals surface area (Å²) in [6, 6.07) is 0. The van der Waals surface area contributed by atoms with Crippen molar-refractivity contribution in [2.24, 2.45) is 17.3 Å². The summed E-state index contributed by atoms with van der Waals surface area (Å²) < 4.78 is 5.57. The van der Waals surface area contributed by atoms with Crippen molar-refractivity contribution in [3.8, 4) is 0 Å². The van der Waals surface area contributed by atoms with E-state index in [9.17, 15) is 4.79 Å². The maximum Gasteiger partial charge on any atom is 0.161 e. The fourth-order valence-electron chi connectivity index (χ4n) is 3.49. The van der Waals surface area contributed by atoms with Crippen LogP contribution in [0.4, 0.5) is 0 Å². The lowest BCUT2D eigenvalue weighted by molar-refractivity contribution is -0.118. The van der Waals surface area contributed by atoms with Crippen LogP contribution < -0.4 is 0 Å². The molecule has 0 radical (unpaired) electrons. The highest BCUT2D eigenvalue weighted by Gasteiger charge is 2.54. The number of hydrogen-bond donors (Lipinski definition) is 0. The fourth-order valence-corrected chi connectivity index (χ4v) is 3.49. The van der Waals surface area contributed by atoms with Gasteiger partial charge in [0.15, 0.2) is 5.78 Å². The average Bonchev–Trinajstić information content (AvgIpc) is 2.81. The molecular weight excluding hydrogens is 188 g/mol. The number of ether oxygens (including phenoxy) is 1. The first-order valence-corrected chi connectivity index (χ1v) is 6.09. The Kier molecular flexibility index (Phi) is 2.66. The predicted octanol–water partition coefficient (Wildman–Crippen LogP) is 2.81. The summed E-state index contributed by atoms with van der Waals surface area (Å²) in [4.78, 5) is 11.3. The molecule has 2 fully saturated rings. The van der Waals surface area contributed by atoms with Crippen molar-refractivity contribution in [3.63, 3.8) is 0 Å². The number of rotatable bonds is 2. The van der Waals surface area contributed by atoms with Crippen LogP contribution in [0.3, 0.4) is 0 Å². The molecule has 1 aliphatic carbocycles. The molecule has 2 heteroatoms. The van der Waals surface area contributed by atoms with E-state index in [0.717, 1.165) is 0 Å². The van der Waals surface area contributed by atoms with E-state index in [-0.39, 0.29) is 18.0 Å². The highest BCUT2D eigenvalue weighted by atomic mass is 16.6. The molecule has 0 aromatic heterocycles. The lowest BCUT2D eigenvalue weighted by Gasteiger charge is -2.42. The van der Waals surface area contributed by atoms with Gasteiger partial charge >= 0.3 is 0 Å². The van der Waals surface area contributed by atoms with E-state index in [2.05, 4.69) is 20.8 Å². The van der Waals surface area contributed by atoms with E-state index >= 15 is 0 Å². The van der Waals surface area contributed by atoms with Crippen molar-refractivity contribution in [2.45, 2.75) is 59.2 Å². The van der Waals surface area contributed by atoms with Crippen molar-refractivity contribution in [3.05, 3.63) is 0 Å². The van der Waals surface area contributed by atoms with Gasteiger partial charge in [0.2, 0.25) is 0 Å². The number of epoxide rings is 1. The Balaban J connectivity index is 2.09. The van der Waals surface area contributed by atoms with Gasteiger partial charge in [0.05, 0.1) is 6.10 Å². The van der Waals surface area contributed by atoms with Gasteiger partial charge < -0.3 is 4.74 Å². The summed E-state index contributed by atoms with van der Waals surface area (Å²) >= 11 is 0. The molecule has 2 unspecified atom stereocenters. The van der Waals surface area contributed by atoms with E-state index in [0.29, 0.717) is 17.3 Å². The first-order chi connectivity index (χ1) is 6.93. The zero-order chi connectivity index (χ0) is 11.2. The minimum atomic E-state index is -0.0881. The number of ketones is 1. The molecule has 2 aliphatic rings. The Morgan fingerprint density at radius 2 is 2.07 bits per heavy atom. The Bertz CT molecular complexity index is 270. The summed E-state index contributed by atoms with van der Waals surface area (Å²) in [5, 5.41) is 0.